The molecule has 96 valence electrons. The quantitative estimate of drug-likeness (QED) is 0.828. The van der Waals surface area contributed by atoms with Gasteiger partial charge in [0.1, 0.15) is 5.75 Å². The topological polar surface area (TPSA) is 38.7 Å². The van der Waals surface area contributed by atoms with E-state index in [0.717, 1.165) is 11.3 Å². The van der Waals surface area contributed by atoms with E-state index in [1.165, 1.54) is 0 Å². The molecule has 0 radical (unpaired) electrons. The van der Waals surface area contributed by atoms with Crippen molar-refractivity contribution in [3.63, 3.8) is 0 Å². The Morgan fingerprint density at radius 3 is 2.18 bits per heavy atom. The van der Waals surface area contributed by atoms with Gasteiger partial charge in [-0.3, -0.25) is 0 Å². The maximum absolute atomic E-state index is 9.81. The van der Waals surface area contributed by atoms with Crippen LogP contribution in [0.15, 0.2) is 24.3 Å². The van der Waals surface area contributed by atoms with Gasteiger partial charge in [-0.1, -0.05) is 26.0 Å². The maximum Gasteiger partial charge on any atom is 0.118 e. The summed E-state index contributed by atoms with van der Waals surface area (Å²) in [5, 5.41) is 9.81. The van der Waals surface area contributed by atoms with E-state index >= 15 is 0 Å². The molecule has 1 aromatic rings. The van der Waals surface area contributed by atoms with Gasteiger partial charge in [-0.15, -0.1) is 0 Å². The number of methoxy groups -OCH3 is 1. The normalized spacial score (nSPS) is 14.7. The van der Waals surface area contributed by atoms with Gasteiger partial charge in [0.05, 0.1) is 25.9 Å². The number of ether oxygens (including phenoxy) is 2. The first-order chi connectivity index (χ1) is 8.04. The molecule has 3 heteroatoms. The van der Waals surface area contributed by atoms with Crippen molar-refractivity contribution in [2.24, 2.45) is 5.92 Å². The Hall–Kier alpha value is -1.06. The lowest BCUT2D eigenvalue weighted by Crippen LogP contribution is -2.30. The van der Waals surface area contributed by atoms with Crippen LogP contribution >= 0.6 is 0 Å². The Balaban J connectivity index is 2.44. The van der Waals surface area contributed by atoms with Crippen LogP contribution in [0.4, 0.5) is 0 Å². The van der Waals surface area contributed by atoms with Crippen molar-refractivity contribution in [2.75, 3.05) is 7.11 Å². The molecule has 3 nitrogen and oxygen atoms in total. The Bertz CT molecular complexity index is 319. The van der Waals surface area contributed by atoms with Crippen molar-refractivity contribution in [1.29, 1.82) is 0 Å². The summed E-state index contributed by atoms with van der Waals surface area (Å²) in [6, 6.07) is 7.74. The first-order valence-electron chi connectivity index (χ1n) is 5.97. The molecule has 1 aromatic carbocycles. The number of rotatable bonds is 6. The molecule has 0 bridgehead atoms. The molecule has 17 heavy (non-hydrogen) atoms. The molecule has 0 unspecified atom stereocenters. The zero-order valence-corrected chi connectivity index (χ0v) is 11.0. The van der Waals surface area contributed by atoms with E-state index in [2.05, 4.69) is 0 Å². The molecular formula is C14H22O3. The highest BCUT2D eigenvalue weighted by molar-refractivity contribution is 5.26. The molecule has 1 N–H and O–H groups in total. The smallest absolute Gasteiger partial charge is 0.118 e. The molecule has 0 aliphatic carbocycles. The molecule has 0 spiro atoms. The molecule has 0 saturated heterocycles. The number of aliphatic hydroxyl groups is 1. The van der Waals surface area contributed by atoms with E-state index in [4.69, 9.17) is 9.47 Å². The summed E-state index contributed by atoms with van der Waals surface area (Å²) in [4.78, 5) is 0. The van der Waals surface area contributed by atoms with Gasteiger partial charge in [0.25, 0.3) is 0 Å². The second kappa shape index (κ2) is 6.62. The van der Waals surface area contributed by atoms with Crippen molar-refractivity contribution in [3.05, 3.63) is 29.8 Å². The summed E-state index contributed by atoms with van der Waals surface area (Å²) < 4.78 is 10.7. The van der Waals surface area contributed by atoms with E-state index in [-0.39, 0.29) is 12.0 Å². The lowest BCUT2D eigenvalue weighted by molar-refractivity contribution is -0.0533. The molecule has 2 atom stereocenters. The van der Waals surface area contributed by atoms with Crippen LogP contribution < -0.4 is 4.74 Å². The van der Waals surface area contributed by atoms with Crippen LogP contribution in [0.1, 0.15) is 26.3 Å². The Labute approximate surface area is 103 Å². The molecule has 0 amide bonds. The second-order valence-electron chi connectivity index (χ2n) is 4.60. The summed E-state index contributed by atoms with van der Waals surface area (Å²) in [5.74, 6) is 1.05. The van der Waals surface area contributed by atoms with Gasteiger partial charge in [0.15, 0.2) is 0 Å². The highest BCUT2D eigenvalue weighted by Crippen LogP contribution is 2.14. The Morgan fingerprint density at radius 2 is 1.71 bits per heavy atom. The van der Waals surface area contributed by atoms with Gasteiger partial charge in [-0.2, -0.15) is 0 Å². The summed E-state index contributed by atoms with van der Waals surface area (Å²) >= 11 is 0. The summed E-state index contributed by atoms with van der Waals surface area (Å²) in [7, 11) is 1.65. The highest BCUT2D eigenvalue weighted by atomic mass is 16.5. The van der Waals surface area contributed by atoms with E-state index in [1.807, 2.05) is 45.0 Å². The maximum atomic E-state index is 9.81. The molecule has 0 saturated carbocycles. The SMILES string of the molecule is COc1ccc(CO[C@@H](C)[C@H](O)C(C)C)cc1. The Kier molecular flexibility index (Phi) is 5.45. The van der Waals surface area contributed by atoms with Gasteiger partial charge in [-0.05, 0) is 30.5 Å². The molecule has 0 fully saturated rings. The lowest BCUT2D eigenvalue weighted by atomic mass is 10.0. The average molecular weight is 238 g/mol. The Morgan fingerprint density at radius 1 is 1.12 bits per heavy atom. The lowest BCUT2D eigenvalue weighted by Gasteiger charge is -2.22. The standard InChI is InChI=1S/C14H22O3/c1-10(2)14(15)11(3)17-9-12-5-7-13(16-4)8-6-12/h5-8,10-11,14-15H,9H2,1-4H3/t11-,14+/m0/s1. The minimum absolute atomic E-state index is 0.155. The summed E-state index contributed by atoms with van der Waals surface area (Å²) in [5.41, 5.74) is 1.08. The van der Waals surface area contributed by atoms with Crippen molar-refractivity contribution in [1.82, 2.24) is 0 Å². The van der Waals surface area contributed by atoms with Crippen molar-refractivity contribution in [2.45, 2.75) is 39.6 Å². The first kappa shape index (κ1) is 14.0. The zero-order chi connectivity index (χ0) is 12.8. The first-order valence-corrected chi connectivity index (χ1v) is 5.97. The van der Waals surface area contributed by atoms with Gasteiger partial charge in [0, 0.05) is 0 Å². The van der Waals surface area contributed by atoms with Crippen LogP contribution in [-0.4, -0.2) is 24.4 Å². The van der Waals surface area contributed by atoms with Crippen LogP contribution in [0.5, 0.6) is 5.75 Å². The van der Waals surface area contributed by atoms with Crippen molar-refractivity contribution in [3.8, 4) is 5.75 Å². The van der Waals surface area contributed by atoms with E-state index in [0.29, 0.717) is 6.61 Å². The largest absolute Gasteiger partial charge is 0.497 e. The molecule has 0 heterocycles. The summed E-state index contributed by atoms with van der Waals surface area (Å²) in [6.07, 6.45) is -0.578. The van der Waals surface area contributed by atoms with Crippen LogP contribution in [-0.2, 0) is 11.3 Å². The molecule has 0 aromatic heterocycles. The molecule has 1 rings (SSSR count). The number of benzene rings is 1. The third kappa shape index (κ3) is 4.36. The van der Waals surface area contributed by atoms with Gasteiger partial charge < -0.3 is 14.6 Å². The zero-order valence-electron chi connectivity index (χ0n) is 11.0. The van der Waals surface area contributed by atoms with E-state index in [1.54, 1.807) is 7.11 Å². The predicted octanol–water partition coefficient (Wildman–Crippen LogP) is 2.62. The average Bonchev–Trinajstić information content (AvgIpc) is 2.35. The monoisotopic (exact) mass is 238 g/mol. The van der Waals surface area contributed by atoms with Crippen LogP contribution in [0.25, 0.3) is 0 Å². The number of hydrogen-bond donors (Lipinski definition) is 1. The molecule has 0 aliphatic heterocycles. The van der Waals surface area contributed by atoms with Crippen LogP contribution in [0.2, 0.25) is 0 Å². The summed E-state index contributed by atoms with van der Waals surface area (Å²) in [6.45, 7) is 6.37. The van der Waals surface area contributed by atoms with Crippen LogP contribution in [0.3, 0.4) is 0 Å². The minimum Gasteiger partial charge on any atom is -0.497 e. The van der Waals surface area contributed by atoms with Gasteiger partial charge in [0.2, 0.25) is 0 Å². The second-order valence-corrected chi connectivity index (χ2v) is 4.60. The van der Waals surface area contributed by atoms with Gasteiger partial charge >= 0.3 is 0 Å². The van der Waals surface area contributed by atoms with Crippen LogP contribution in [0, 0.1) is 5.92 Å². The fourth-order valence-electron chi connectivity index (χ4n) is 1.59. The van der Waals surface area contributed by atoms with E-state index < -0.39 is 6.10 Å². The third-order valence-corrected chi connectivity index (χ3v) is 2.84. The molecular weight excluding hydrogens is 216 g/mol. The fraction of sp³-hybridized carbons (Fsp3) is 0.571. The van der Waals surface area contributed by atoms with Crippen molar-refractivity contribution >= 4 is 0 Å². The van der Waals surface area contributed by atoms with Crippen molar-refractivity contribution < 1.29 is 14.6 Å². The number of hydrogen-bond acceptors (Lipinski definition) is 3. The van der Waals surface area contributed by atoms with Gasteiger partial charge in [-0.25, -0.2) is 0 Å². The minimum atomic E-state index is -0.423. The van der Waals surface area contributed by atoms with E-state index in [9.17, 15) is 5.11 Å². The highest BCUT2D eigenvalue weighted by Gasteiger charge is 2.18. The predicted molar refractivity (Wildman–Crippen MR) is 68.1 cm³/mol. The number of aliphatic hydroxyl groups excluding tert-OH is 1. The molecule has 0 aliphatic rings. The third-order valence-electron chi connectivity index (χ3n) is 2.84. The fourth-order valence-corrected chi connectivity index (χ4v) is 1.59.